The molecule has 1 aromatic heterocycles. The van der Waals surface area contributed by atoms with Crippen molar-refractivity contribution in [3.8, 4) is 5.88 Å². The summed E-state index contributed by atoms with van der Waals surface area (Å²) in [5.41, 5.74) is 5.54. The first-order valence-corrected chi connectivity index (χ1v) is 10.6. The molecule has 152 valence electrons. The molecular weight excluding hydrogens is 388 g/mol. The van der Waals surface area contributed by atoms with Crippen molar-refractivity contribution in [3.63, 3.8) is 0 Å². The molecule has 4 heterocycles. The average molecular weight is 413 g/mol. The highest BCUT2D eigenvalue weighted by Crippen LogP contribution is 2.47. The number of nitrogens with one attached hydrogen (secondary N) is 1. The molecule has 29 heavy (non-hydrogen) atoms. The fraction of sp³-hybridized carbons (Fsp3) is 0.524. The van der Waals surface area contributed by atoms with Gasteiger partial charge in [-0.25, -0.2) is 9.97 Å². The van der Waals surface area contributed by atoms with E-state index >= 15 is 0 Å². The monoisotopic (exact) mass is 412 g/mol. The summed E-state index contributed by atoms with van der Waals surface area (Å²) in [6.07, 6.45) is 13.4. The average Bonchev–Trinajstić information content (AvgIpc) is 2.91. The lowest BCUT2D eigenvalue weighted by Crippen LogP contribution is -2.56. The van der Waals surface area contributed by atoms with Gasteiger partial charge in [0.2, 0.25) is 5.88 Å². The van der Waals surface area contributed by atoms with Crippen molar-refractivity contribution in [3.05, 3.63) is 41.5 Å². The molecular formula is C21H25ClN6O. The van der Waals surface area contributed by atoms with Crippen LogP contribution in [0.1, 0.15) is 25.7 Å². The molecule has 0 unspecified atom stereocenters. The summed E-state index contributed by atoms with van der Waals surface area (Å²) >= 11 is 6.36. The van der Waals surface area contributed by atoms with Gasteiger partial charge in [-0.15, -0.1) is 0 Å². The third-order valence-electron chi connectivity index (χ3n) is 6.61. The van der Waals surface area contributed by atoms with Gasteiger partial charge in [0.15, 0.2) is 0 Å². The highest BCUT2D eigenvalue weighted by molar-refractivity contribution is 6.31. The van der Waals surface area contributed by atoms with Crippen LogP contribution >= 0.6 is 11.6 Å². The van der Waals surface area contributed by atoms with Gasteiger partial charge >= 0.3 is 0 Å². The Labute approximate surface area is 175 Å². The van der Waals surface area contributed by atoms with Crippen LogP contribution in [0.5, 0.6) is 5.88 Å². The maximum absolute atomic E-state index is 6.36. The van der Waals surface area contributed by atoms with E-state index in [0.29, 0.717) is 22.9 Å². The van der Waals surface area contributed by atoms with Crippen molar-refractivity contribution in [2.75, 3.05) is 20.1 Å². The lowest BCUT2D eigenvalue weighted by molar-refractivity contribution is 0.136. The zero-order valence-corrected chi connectivity index (χ0v) is 17.2. The number of rotatable bonds is 3. The van der Waals surface area contributed by atoms with Crippen molar-refractivity contribution in [2.45, 2.75) is 37.8 Å². The van der Waals surface area contributed by atoms with Gasteiger partial charge in [-0.1, -0.05) is 11.6 Å². The molecule has 2 fully saturated rings. The summed E-state index contributed by atoms with van der Waals surface area (Å²) in [4.78, 5) is 15.1. The van der Waals surface area contributed by atoms with Gasteiger partial charge in [-0.3, -0.25) is 9.89 Å². The van der Waals surface area contributed by atoms with E-state index < -0.39 is 0 Å². The van der Waals surface area contributed by atoms with Gasteiger partial charge in [0, 0.05) is 43.2 Å². The Hall–Kier alpha value is -2.25. The van der Waals surface area contributed by atoms with Crippen LogP contribution in [-0.2, 0) is 0 Å². The number of aromatic nitrogens is 2. The molecule has 8 heteroatoms. The smallest absolute Gasteiger partial charge is 0.216 e. The third-order valence-corrected chi connectivity index (χ3v) is 6.81. The Morgan fingerprint density at radius 1 is 1.28 bits per heavy atom. The fourth-order valence-corrected chi connectivity index (χ4v) is 5.45. The minimum atomic E-state index is -0.266. The van der Waals surface area contributed by atoms with Crippen LogP contribution in [-0.4, -0.2) is 59.1 Å². The lowest BCUT2D eigenvalue weighted by Gasteiger charge is -2.43. The Balaban J connectivity index is 1.37. The van der Waals surface area contributed by atoms with E-state index in [4.69, 9.17) is 21.4 Å². The molecule has 5 rings (SSSR count). The Morgan fingerprint density at radius 3 is 2.93 bits per heavy atom. The van der Waals surface area contributed by atoms with Crippen LogP contribution in [0, 0.1) is 11.3 Å². The molecule has 1 saturated heterocycles. The number of halogens is 1. The summed E-state index contributed by atoms with van der Waals surface area (Å²) in [5.74, 6) is 1.05. The largest absolute Gasteiger partial charge is 0.474 e. The summed E-state index contributed by atoms with van der Waals surface area (Å²) in [6.45, 7) is 1.70. The van der Waals surface area contributed by atoms with Crippen molar-refractivity contribution in [2.24, 2.45) is 21.4 Å². The van der Waals surface area contributed by atoms with Gasteiger partial charge in [0.25, 0.3) is 0 Å². The number of aliphatic imine (C=N–C) groups is 1. The maximum atomic E-state index is 6.36. The number of likely N-dealkylation sites (tertiary alicyclic amines) is 1. The molecule has 1 N–H and O–H groups in total. The van der Waals surface area contributed by atoms with Gasteiger partial charge in [-0.05, 0) is 44.4 Å². The Morgan fingerprint density at radius 2 is 2.14 bits per heavy atom. The molecule has 1 saturated carbocycles. The molecule has 1 spiro atoms. The topological polar surface area (TPSA) is 75.0 Å². The second-order valence-electron chi connectivity index (χ2n) is 8.26. The Kier molecular flexibility index (Phi) is 4.87. The van der Waals surface area contributed by atoms with E-state index in [1.54, 1.807) is 12.4 Å². The van der Waals surface area contributed by atoms with E-state index in [1.165, 1.54) is 17.6 Å². The van der Waals surface area contributed by atoms with Gasteiger partial charge in [0.1, 0.15) is 12.4 Å². The Bertz CT molecular complexity index is 890. The summed E-state index contributed by atoms with van der Waals surface area (Å²) in [6, 6.07) is 2.12. The van der Waals surface area contributed by atoms with Gasteiger partial charge in [-0.2, -0.15) is 5.10 Å². The first-order chi connectivity index (χ1) is 14.2. The molecule has 4 aliphatic rings. The van der Waals surface area contributed by atoms with Crippen LogP contribution in [0.2, 0.25) is 0 Å². The van der Waals surface area contributed by atoms with Crippen molar-refractivity contribution in [1.82, 2.24) is 20.3 Å². The summed E-state index contributed by atoms with van der Waals surface area (Å²) in [5, 5.41) is 5.54. The standard InChI is InChI=1S/C21H25ClN6O/c1-28-11-15-8-16(22)9-24-12-21(15)18(28)10-26-27-20(21)14-2-4-17(5-3-14)29-19-6-7-23-13-25-19/h6-9,12-14,17-18,26H,2-5,10-11H2,1H3/t14?,17?,18-,21+/m1/s1. The van der Waals surface area contributed by atoms with Crippen molar-refractivity contribution < 1.29 is 4.74 Å². The van der Waals surface area contributed by atoms with Crippen LogP contribution < -0.4 is 10.2 Å². The molecule has 0 amide bonds. The number of likely N-dealkylation sites (N-methyl/N-ethyl adjacent to an activating group) is 1. The van der Waals surface area contributed by atoms with Gasteiger partial charge < -0.3 is 10.2 Å². The molecule has 1 aliphatic carbocycles. The predicted molar refractivity (Wildman–Crippen MR) is 113 cm³/mol. The molecule has 3 aliphatic heterocycles. The number of hydrogen-bond acceptors (Lipinski definition) is 7. The van der Waals surface area contributed by atoms with E-state index in [9.17, 15) is 0 Å². The number of nitrogens with zero attached hydrogens (tertiary/aromatic N) is 5. The summed E-state index contributed by atoms with van der Waals surface area (Å²) < 4.78 is 6.06. The molecule has 0 radical (unpaired) electrons. The quantitative estimate of drug-likeness (QED) is 0.826. The number of allylic oxidation sites excluding steroid dienone is 2. The molecule has 0 aromatic carbocycles. The van der Waals surface area contributed by atoms with E-state index in [1.807, 2.05) is 6.07 Å². The highest BCUT2D eigenvalue weighted by atomic mass is 35.5. The second-order valence-corrected chi connectivity index (χ2v) is 8.70. The second kappa shape index (κ2) is 7.54. The first-order valence-electron chi connectivity index (χ1n) is 10.2. The minimum absolute atomic E-state index is 0.187. The van der Waals surface area contributed by atoms with E-state index in [0.717, 1.165) is 38.8 Å². The third kappa shape index (κ3) is 3.26. The number of hydrogen-bond donors (Lipinski definition) is 1. The molecule has 1 aromatic rings. The number of hydrazone groups is 1. The molecule has 0 bridgehead atoms. The lowest BCUT2D eigenvalue weighted by atomic mass is 9.66. The van der Waals surface area contributed by atoms with Gasteiger partial charge in [0.05, 0.1) is 22.7 Å². The fourth-order valence-electron chi connectivity index (χ4n) is 5.27. The number of ether oxygens (including phenoxy) is 1. The highest BCUT2D eigenvalue weighted by Gasteiger charge is 2.55. The zero-order chi connectivity index (χ0) is 19.8. The van der Waals surface area contributed by atoms with Crippen LogP contribution in [0.4, 0.5) is 0 Å². The zero-order valence-electron chi connectivity index (χ0n) is 16.5. The van der Waals surface area contributed by atoms with Crippen LogP contribution in [0.25, 0.3) is 0 Å². The molecule has 7 nitrogen and oxygen atoms in total. The normalized spacial score (nSPS) is 34.1. The first kappa shape index (κ1) is 18.8. The van der Waals surface area contributed by atoms with Crippen molar-refractivity contribution >= 4 is 23.5 Å². The maximum Gasteiger partial charge on any atom is 0.216 e. The summed E-state index contributed by atoms with van der Waals surface area (Å²) in [7, 11) is 2.17. The van der Waals surface area contributed by atoms with Crippen LogP contribution in [0.3, 0.4) is 0 Å². The molecule has 2 atom stereocenters. The van der Waals surface area contributed by atoms with E-state index in [-0.39, 0.29) is 11.5 Å². The minimum Gasteiger partial charge on any atom is -0.474 e. The SMILES string of the molecule is CN1CC2=CC(Cl)=CN=C[C@]23C(C2CCC(Oc4ccncn4)CC2)=NNC[C@@H]13. The van der Waals surface area contributed by atoms with Crippen LogP contribution in [0.15, 0.2) is 51.6 Å². The van der Waals surface area contributed by atoms with Crippen molar-refractivity contribution in [1.29, 1.82) is 0 Å². The predicted octanol–water partition coefficient (Wildman–Crippen LogP) is 2.76. The van der Waals surface area contributed by atoms with E-state index in [2.05, 4.69) is 44.6 Å².